The normalized spacial score (nSPS) is 11.4. The van der Waals surface area contributed by atoms with Crippen molar-refractivity contribution in [3.05, 3.63) is 34.3 Å². The molecule has 0 N–H and O–H groups in total. The molecule has 0 saturated carbocycles. The van der Waals surface area contributed by atoms with E-state index in [4.69, 9.17) is 0 Å². The third kappa shape index (κ3) is 4.33. The lowest BCUT2D eigenvalue weighted by atomic mass is 10.2. The van der Waals surface area contributed by atoms with Gasteiger partial charge in [-0.25, -0.2) is 0 Å². The predicted molar refractivity (Wildman–Crippen MR) is 66.4 cm³/mol. The van der Waals surface area contributed by atoms with E-state index in [0.29, 0.717) is 10.9 Å². The minimum atomic E-state index is -4.38. The predicted octanol–water partition coefficient (Wildman–Crippen LogP) is 3.86. The summed E-state index contributed by atoms with van der Waals surface area (Å²) in [5.41, 5.74) is 0.246. The van der Waals surface area contributed by atoms with Crippen LogP contribution in [0.3, 0.4) is 0 Å². The van der Waals surface area contributed by atoms with Crippen LogP contribution in [0.1, 0.15) is 23.7 Å². The van der Waals surface area contributed by atoms with E-state index in [9.17, 15) is 18.0 Å². The number of halogens is 4. The lowest BCUT2D eigenvalue weighted by Gasteiger charge is -2.23. The number of rotatable bonds is 4. The molecule has 0 atom stereocenters. The lowest BCUT2D eigenvalue weighted by molar-refractivity contribution is -0.140. The lowest BCUT2D eigenvalue weighted by Crippen LogP contribution is -2.39. The van der Waals surface area contributed by atoms with Crippen molar-refractivity contribution in [2.45, 2.75) is 19.5 Å². The minimum absolute atomic E-state index is 0.0830. The largest absolute Gasteiger partial charge is 0.406 e. The molecule has 100 valence electrons. The molecule has 0 fully saturated rings. The number of nitrogens with zero attached hydrogens (tertiary/aromatic N) is 1. The molecule has 0 aliphatic carbocycles. The number of carbonyl (C=O) groups excluding carboxylic acids is 1. The maximum atomic E-state index is 12.4. The van der Waals surface area contributed by atoms with Crippen molar-refractivity contribution < 1.29 is 18.0 Å². The van der Waals surface area contributed by atoms with Crippen LogP contribution >= 0.6 is 15.9 Å². The summed E-state index contributed by atoms with van der Waals surface area (Å²) in [6, 6.07) is 6.46. The van der Waals surface area contributed by atoms with Crippen LogP contribution in [-0.2, 0) is 0 Å². The molecule has 6 heteroatoms. The number of benzene rings is 1. The van der Waals surface area contributed by atoms with Gasteiger partial charge in [-0.1, -0.05) is 19.1 Å². The first-order valence-electron chi connectivity index (χ1n) is 5.45. The third-order valence-electron chi connectivity index (χ3n) is 2.26. The molecular weight excluding hydrogens is 311 g/mol. The highest BCUT2D eigenvalue weighted by molar-refractivity contribution is 9.10. The fraction of sp³-hybridized carbons (Fsp3) is 0.417. The molecule has 18 heavy (non-hydrogen) atoms. The summed E-state index contributed by atoms with van der Waals surface area (Å²) in [6.07, 6.45) is -3.90. The number of alkyl halides is 3. The molecule has 1 aromatic carbocycles. The first-order chi connectivity index (χ1) is 8.35. The number of amides is 1. The van der Waals surface area contributed by atoms with E-state index in [1.54, 1.807) is 25.1 Å². The first kappa shape index (κ1) is 15.0. The van der Waals surface area contributed by atoms with Gasteiger partial charge >= 0.3 is 6.18 Å². The smallest absolute Gasteiger partial charge is 0.330 e. The van der Waals surface area contributed by atoms with E-state index in [1.165, 1.54) is 6.07 Å². The van der Waals surface area contributed by atoms with Gasteiger partial charge in [-0.3, -0.25) is 4.79 Å². The van der Waals surface area contributed by atoms with E-state index >= 15 is 0 Å². The minimum Gasteiger partial charge on any atom is -0.330 e. The topological polar surface area (TPSA) is 20.3 Å². The van der Waals surface area contributed by atoms with E-state index in [0.717, 1.165) is 4.90 Å². The highest BCUT2D eigenvalue weighted by atomic mass is 79.9. The molecule has 0 spiro atoms. The quantitative estimate of drug-likeness (QED) is 0.823. The molecule has 0 aromatic heterocycles. The van der Waals surface area contributed by atoms with Crippen molar-refractivity contribution in [1.82, 2.24) is 4.90 Å². The Morgan fingerprint density at radius 1 is 1.33 bits per heavy atom. The molecular formula is C12H13BrF3NO. The fourth-order valence-electron chi connectivity index (χ4n) is 1.54. The van der Waals surface area contributed by atoms with Gasteiger partial charge in [0.2, 0.25) is 0 Å². The molecule has 0 aliphatic rings. The molecule has 0 saturated heterocycles. The summed E-state index contributed by atoms with van der Waals surface area (Å²) in [4.78, 5) is 12.8. The molecule has 1 aromatic rings. The van der Waals surface area contributed by atoms with Gasteiger partial charge in [-0.05, 0) is 34.5 Å². The SMILES string of the molecule is CCCN(CC(F)(F)F)C(=O)c1ccccc1Br. The molecule has 1 rings (SSSR count). The standard InChI is InChI=1S/C12H13BrF3NO/c1-2-7-17(8-12(14,15)16)11(18)9-5-3-4-6-10(9)13/h3-6H,2,7-8H2,1H3. The van der Waals surface area contributed by atoms with Crippen LogP contribution in [0.4, 0.5) is 13.2 Å². The van der Waals surface area contributed by atoms with Crippen LogP contribution in [-0.4, -0.2) is 30.1 Å². The Hall–Kier alpha value is -1.04. The zero-order chi connectivity index (χ0) is 13.8. The van der Waals surface area contributed by atoms with E-state index < -0.39 is 18.6 Å². The third-order valence-corrected chi connectivity index (χ3v) is 2.95. The number of carbonyl (C=O) groups is 1. The Kier molecular flexibility index (Phi) is 5.19. The maximum Gasteiger partial charge on any atom is 0.406 e. The highest BCUT2D eigenvalue weighted by Crippen LogP contribution is 2.22. The van der Waals surface area contributed by atoms with Crippen molar-refractivity contribution in [1.29, 1.82) is 0 Å². The van der Waals surface area contributed by atoms with Crippen LogP contribution in [0.2, 0.25) is 0 Å². The van der Waals surface area contributed by atoms with Gasteiger partial charge in [0.1, 0.15) is 6.54 Å². The summed E-state index contributed by atoms with van der Waals surface area (Å²) in [7, 11) is 0. The molecule has 0 radical (unpaired) electrons. The second kappa shape index (κ2) is 6.22. The van der Waals surface area contributed by atoms with Crippen LogP contribution in [0.15, 0.2) is 28.7 Å². The molecule has 0 unspecified atom stereocenters. The van der Waals surface area contributed by atoms with Gasteiger partial charge in [0.25, 0.3) is 5.91 Å². The van der Waals surface area contributed by atoms with Crippen molar-refractivity contribution in [3.63, 3.8) is 0 Å². The Morgan fingerprint density at radius 2 is 1.94 bits per heavy atom. The van der Waals surface area contributed by atoms with Gasteiger partial charge in [-0.2, -0.15) is 13.2 Å². The van der Waals surface area contributed by atoms with Crippen molar-refractivity contribution >= 4 is 21.8 Å². The van der Waals surface area contributed by atoms with Crippen LogP contribution in [0.5, 0.6) is 0 Å². The molecule has 0 aliphatic heterocycles. The van der Waals surface area contributed by atoms with Gasteiger partial charge in [0.05, 0.1) is 5.56 Å². The highest BCUT2D eigenvalue weighted by Gasteiger charge is 2.33. The summed E-state index contributed by atoms with van der Waals surface area (Å²) in [6.45, 7) is 0.595. The Morgan fingerprint density at radius 3 is 2.44 bits per heavy atom. The summed E-state index contributed by atoms with van der Waals surface area (Å²) in [5, 5.41) is 0. The summed E-state index contributed by atoms with van der Waals surface area (Å²) < 4.78 is 37.7. The van der Waals surface area contributed by atoms with E-state index in [-0.39, 0.29) is 12.1 Å². The van der Waals surface area contributed by atoms with Gasteiger partial charge in [0, 0.05) is 11.0 Å². The molecule has 1 amide bonds. The number of hydrogen-bond donors (Lipinski definition) is 0. The zero-order valence-electron chi connectivity index (χ0n) is 9.80. The first-order valence-corrected chi connectivity index (χ1v) is 6.25. The second-order valence-corrected chi connectivity index (χ2v) is 4.68. The average molecular weight is 324 g/mol. The Balaban J connectivity index is 2.93. The maximum absolute atomic E-state index is 12.4. The zero-order valence-corrected chi connectivity index (χ0v) is 11.4. The molecule has 0 bridgehead atoms. The Bertz CT molecular complexity index is 420. The summed E-state index contributed by atoms with van der Waals surface area (Å²) in [5.74, 6) is -0.610. The second-order valence-electron chi connectivity index (χ2n) is 3.82. The van der Waals surface area contributed by atoms with Gasteiger partial charge in [-0.15, -0.1) is 0 Å². The van der Waals surface area contributed by atoms with Crippen LogP contribution in [0.25, 0.3) is 0 Å². The van der Waals surface area contributed by atoms with Crippen LogP contribution in [0, 0.1) is 0 Å². The monoisotopic (exact) mass is 323 g/mol. The molecule has 0 heterocycles. The van der Waals surface area contributed by atoms with E-state index in [2.05, 4.69) is 15.9 Å². The van der Waals surface area contributed by atoms with Crippen molar-refractivity contribution in [2.75, 3.05) is 13.1 Å². The summed E-state index contributed by atoms with van der Waals surface area (Å²) >= 11 is 3.17. The van der Waals surface area contributed by atoms with Crippen molar-refractivity contribution in [2.24, 2.45) is 0 Å². The van der Waals surface area contributed by atoms with Gasteiger partial charge < -0.3 is 4.90 Å². The number of hydrogen-bond acceptors (Lipinski definition) is 1. The van der Waals surface area contributed by atoms with Gasteiger partial charge in [0.15, 0.2) is 0 Å². The fourth-order valence-corrected chi connectivity index (χ4v) is 2.00. The van der Waals surface area contributed by atoms with Crippen LogP contribution < -0.4 is 0 Å². The average Bonchev–Trinajstić information content (AvgIpc) is 2.26. The Labute approximate surface area is 112 Å². The van der Waals surface area contributed by atoms with Crippen molar-refractivity contribution in [3.8, 4) is 0 Å². The molecule has 2 nitrogen and oxygen atoms in total. The van der Waals surface area contributed by atoms with E-state index in [1.807, 2.05) is 0 Å².